The first-order valence-electron chi connectivity index (χ1n) is 8.20. The minimum atomic E-state index is 0.161. The molecule has 1 fully saturated rings. The minimum Gasteiger partial charge on any atom is -0.381 e. The molecule has 7 nitrogen and oxygen atoms in total. The van der Waals surface area contributed by atoms with Gasteiger partial charge in [0.05, 0.1) is 17.4 Å². The van der Waals surface area contributed by atoms with Crippen LogP contribution in [-0.2, 0) is 0 Å². The average Bonchev–Trinajstić information content (AvgIpc) is 2.96. The summed E-state index contributed by atoms with van der Waals surface area (Å²) in [5, 5.41) is 8.36. The molecule has 0 bridgehead atoms. The van der Waals surface area contributed by atoms with Crippen molar-refractivity contribution in [3.05, 3.63) is 30.1 Å². The maximum atomic E-state index is 6.09. The molecule has 1 aliphatic rings. The van der Waals surface area contributed by atoms with Gasteiger partial charge in [-0.2, -0.15) is 5.10 Å². The van der Waals surface area contributed by atoms with Crippen molar-refractivity contribution in [1.29, 1.82) is 0 Å². The molecule has 0 radical (unpaired) electrons. The molecule has 0 aliphatic carbocycles. The zero-order valence-electron chi connectivity index (χ0n) is 13.7. The van der Waals surface area contributed by atoms with Gasteiger partial charge in [0.15, 0.2) is 11.6 Å². The topological polar surface area (TPSA) is 110 Å². The Labute approximate surface area is 140 Å². The number of fused-ring (bicyclic) bond motifs is 1. The SMILES string of the molecule is Cc1[nH]nc2ccc(-c3cnc(N)c(N4CCCC(N)C4)n3)cc12. The number of nitrogens with one attached hydrogen (secondary N) is 1. The number of aryl methyl sites for hydroxylation is 1. The maximum absolute atomic E-state index is 6.09. The Morgan fingerprint density at radius 1 is 1.33 bits per heavy atom. The van der Waals surface area contributed by atoms with Crippen LogP contribution in [0, 0.1) is 6.92 Å². The van der Waals surface area contributed by atoms with E-state index in [1.165, 1.54) is 0 Å². The predicted octanol–water partition coefficient (Wildman–Crippen LogP) is 1.84. The lowest BCUT2D eigenvalue weighted by Crippen LogP contribution is -2.43. The first-order valence-corrected chi connectivity index (χ1v) is 8.20. The standard InChI is InChI=1S/C17H21N7/c1-10-13-7-11(4-5-14(13)23-22-10)15-8-20-16(19)17(21-15)24-6-2-3-12(18)9-24/h4-5,7-8,12H,2-3,6,9,18H2,1H3,(H2,19,20)(H,22,23). The number of benzene rings is 1. The van der Waals surface area contributed by atoms with E-state index in [1.807, 2.05) is 19.1 Å². The number of H-pyrrole nitrogens is 1. The van der Waals surface area contributed by atoms with E-state index in [1.54, 1.807) is 6.20 Å². The van der Waals surface area contributed by atoms with E-state index in [9.17, 15) is 0 Å². The molecule has 1 unspecified atom stereocenters. The fraction of sp³-hybridized carbons (Fsp3) is 0.353. The highest BCUT2D eigenvalue weighted by Crippen LogP contribution is 2.28. The van der Waals surface area contributed by atoms with Gasteiger partial charge in [0.2, 0.25) is 0 Å². The molecule has 7 heteroatoms. The van der Waals surface area contributed by atoms with Gasteiger partial charge >= 0.3 is 0 Å². The predicted molar refractivity (Wildman–Crippen MR) is 95.7 cm³/mol. The van der Waals surface area contributed by atoms with Gasteiger partial charge in [-0.1, -0.05) is 6.07 Å². The van der Waals surface area contributed by atoms with Gasteiger partial charge in [0.25, 0.3) is 0 Å². The summed E-state index contributed by atoms with van der Waals surface area (Å²) in [6.07, 6.45) is 3.81. The molecule has 0 spiro atoms. The van der Waals surface area contributed by atoms with Crippen molar-refractivity contribution in [2.24, 2.45) is 5.73 Å². The first-order chi connectivity index (χ1) is 11.6. The Kier molecular flexibility index (Phi) is 3.57. The lowest BCUT2D eigenvalue weighted by Gasteiger charge is -2.32. The zero-order chi connectivity index (χ0) is 16.7. The van der Waals surface area contributed by atoms with Crippen LogP contribution >= 0.6 is 0 Å². The van der Waals surface area contributed by atoms with Crippen LogP contribution in [0.15, 0.2) is 24.4 Å². The van der Waals surface area contributed by atoms with Gasteiger partial charge in [-0.05, 0) is 31.9 Å². The molecule has 2 aromatic heterocycles. The Morgan fingerprint density at radius 2 is 2.21 bits per heavy atom. The maximum Gasteiger partial charge on any atom is 0.172 e. The minimum absolute atomic E-state index is 0.161. The van der Waals surface area contributed by atoms with E-state index in [0.29, 0.717) is 5.82 Å². The number of nitrogen functional groups attached to an aromatic ring is 1. The second kappa shape index (κ2) is 5.76. The molecule has 1 saturated heterocycles. The Morgan fingerprint density at radius 3 is 3.04 bits per heavy atom. The fourth-order valence-corrected chi connectivity index (χ4v) is 3.26. The van der Waals surface area contributed by atoms with Crippen LogP contribution in [0.5, 0.6) is 0 Å². The Balaban J connectivity index is 1.74. The van der Waals surface area contributed by atoms with Crippen molar-refractivity contribution < 1.29 is 0 Å². The van der Waals surface area contributed by atoms with Crippen LogP contribution in [0.1, 0.15) is 18.5 Å². The smallest absolute Gasteiger partial charge is 0.172 e. The molecule has 3 aromatic rings. The lowest BCUT2D eigenvalue weighted by molar-refractivity contribution is 0.503. The molecular formula is C17H21N7. The third kappa shape index (κ3) is 2.56. The summed E-state index contributed by atoms with van der Waals surface area (Å²) in [4.78, 5) is 11.3. The van der Waals surface area contributed by atoms with Crippen molar-refractivity contribution in [3.8, 4) is 11.3 Å². The van der Waals surface area contributed by atoms with Crippen LogP contribution in [0.25, 0.3) is 22.2 Å². The molecule has 0 amide bonds. The van der Waals surface area contributed by atoms with Crippen molar-refractivity contribution in [3.63, 3.8) is 0 Å². The van der Waals surface area contributed by atoms with Gasteiger partial charge in [-0.3, -0.25) is 5.10 Å². The van der Waals surface area contributed by atoms with Crippen LogP contribution in [-0.4, -0.2) is 39.3 Å². The van der Waals surface area contributed by atoms with Gasteiger partial charge in [-0.15, -0.1) is 0 Å². The summed E-state index contributed by atoms with van der Waals surface area (Å²) in [5.41, 5.74) is 16.0. The summed E-state index contributed by atoms with van der Waals surface area (Å²) in [6.45, 7) is 3.69. The molecule has 0 saturated carbocycles. The largest absolute Gasteiger partial charge is 0.381 e. The summed E-state index contributed by atoms with van der Waals surface area (Å²) < 4.78 is 0. The molecule has 3 heterocycles. The van der Waals surface area contributed by atoms with E-state index in [4.69, 9.17) is 16.5 Å². The number of nitrogens with two attached hydrogens (primary N) is 2. The highest BCUT2D eigenvalue weighted by molar-refractivity contribution is 5.86. The van der Waals surface area contributed by atoms with E-state index in [2.05, 4.69) is 26.1 Å². The molecular weight excluding hydrogens is 302 g/mol. The summed E-state index contributed by atoms with van der Waals surface area (Å²) >= 11 is 0. The zero-order valence-corrected chi connectivity index (χ0v) is 13.7. The molecule has 124 valence electrons. The second-order valence-corrected chi connectivity index (χ2v) is 6.39. The van der Waals surface area contributed by atoms with Crippen LogP contribution in [0.3, 0.4) is 0 Å². The molecule has 1 aromatic carbocycles. The highest BCUT2D eigenvalue weighted by atomic mass is 15.2. The third-order valence-corrected chi connectivity index (χ3v) is 4.58. The monoisotopic (exact) mass is 323 g/mol. The summed E-state index contributed by atoms with van der Waals surface area (Å²) in [7, 11) is 0. The van der Waals surface area contributed by atoms with E-state index < -0.39 is 0 Å². The van der Waals surface area contributed by atoms with Gasteiger partial charge < -0.3 is 16.4 Å². The second-order valence-electron chi connectivity index (χ2n) is 6.39. The van der Waals surface area contributed by atoms with Crippen LogP contribution < -0.4 is 16.4 Å². The molecule has 1 atom stereocenters. The van der Waals surface area contributed by atoms with E-state index >= 15 is 0 Å². The first kappa shape index (κ1) is 14.9. The highest BCUT2D eigenvalue weighted by Gasteiger charge is 2.21. The molecule has 24 heavy (non-hydrogen) atoms. The molecule has 5 N–H and O–H groups in total. The number of piperidine rings is 1. The van der Waals surface area contributed by atoms with Crippen molar-refractivity contribution in [2.75, 3.05) is 23.7 Å². The number of hydrogen-bond donors (Lipinski definition) is 3. The Bertz CT molecular complexity index is 886. The molecule has 1 aliphatic heterocycles. The van der Waals surface area contributed by atoms with Crippen LogP contribution in [0.4, 0.5) is 11.6 Å². The van der Waals surface area contributed by atoms with E-state index in [0.717, 1.165) is 59.6 Å². The average molecular weight is 323 g/mol. The fourth-order valence-electron chi connectivity index (χ4n) is 3.26. The van der Waals surface area contributed by atoms with Gasteiger partial charge in [0, 0.05) is 35.8 Å². The van der Waals surface area contributed by atoms with Crippen molar-refractivity contribution in [1.82, 2.24) is 20.2 Å². The number of rotatable bonds is 2. The Hall–Kier alpha value is -2.67. The number of nitrogens with zero attached hydrogens (tertiary/aromatic N) is 4. The normalized spacial score (nSPS) is 18.2. The third-order valence-electron chi connectivity index (χ3n) is 4.58. The van der Waals surface area contributed by atoms with Crippen molar-refractivity contribution >= 4 is 22.5 Å². The van der Waals surface area contributed by atoms with Gasteiger partial charge in [-0.25, -0.2) is 9.97 Å². The summed E-state index contributed by atoms with van der Waals surface area (Å²) in [6, 6.07) is 6.24. The summed E-state index contributed by atoms with van der Waals surface area (Å²) in [5.74, 6) is 1.18. The van der Waals surface area contributed by atoms with Gasteiger partial charge in [0.1, 0.15) is 0 Å². The number of anilines is 2. The quantitative estimate of drug-likeness (QED) is 0.664. The lowest BCUT2D eigenvalue weighted by atomic mass is 10.1. The van der Waals surface area contributed by atoms with E-state index in [-0.39, 0.29) is 6.04 Å². The number of aromatic amines is 1. The van der Waals surface area contributed by atoms with Crippen molar-refractivity contribution in [2.45, 2.75) is 25.8 Å². The molecule has 4 rings (SSSR count). The van der Waals surface area contributed by atoms with Crippen LogP contribution in [0.2, 0.25) is 0 Å². The number of hydrogen-bond acceptors (Lipinski definition) is 6. The number of aromatic nitrogens is 4.